The number of benzene rings is 1. The highest BCUT2D eigenvalue weighted by Crippen LogP contribution is 2.37. The lowest BCUT2D eigenvalue weighted by Gasteiger charge is -2.30. The molecular weight excluding hydrogens is 278 g/mol. The van der Waals surface area contributed by atoms with Crippen LogP contribution in [-0.4, -0.2) is 19.7 Å². The summed E-state index contributed by atoms with van der Waals surface area (Å²) in [6.45, 7) is 4.61. The molecule has 22 heavy (non-hydrogen) atoms. The summed E-state index contributed by atoms with van der Waals surface area (Å²) in [7, 11) is 1.35. The average molecular weight is 303 g/mol. The molecule has 0 saturated heterocycles. The summed E-state index contributed by atoms with van der Waals surface area (Å²) in [6.07, 6.45) is 6.96. The number of nitrogens with one attached hydrogen (secondary N) is 1. The molecule has 0 atom stereocenters. The number of carbonyl (C=O) groups excluding carboxylic acids is 1. The Kier molecular flexibility index (Phi) is 5.47. The van der Waals surface area contributed by atoms with Crippen LogP contribution in [0.25, 0.3) is 0 Å². The average Bonchev–Trinajstić information content (AvgIpc) is 2.52. The Morgan fingerprint density at radius 2 is 1.86 bits per heavy atom. The fourth-order valence-corrected chi connectivity index (χ4v) is 2.43. The molecule has 0 heterocycles. The van der Waals surface area contributed by atoms with E-state index in [4.69, 9.17) is 4.74 Å². The van der Waals surface area contributed by atoms with Crippen molar-refractivity contribution in [2.75, 3.05) is 19.0 Å². The molecule has 0 aromatic heterocycles. The number of allylic oxidation sites excluding steroid dienone is 1. The fourth-order valence-electron chi connectivity index (χ4n) is 2.43. The number of carbonyl (C=O) groups is 1. The van der Waals surface area contributed by atoms with Gasteiger partial charge in [-0.2, -0.15) is 0 Å². The molecule has 0 spiro atoms. The van der Waals surface area contributed by atoms with Crippen molar-refractivity contribution in [1.82, 2.24) is 0 Å². The van der Waals surface area contributed by atoms with Gasteiger partial charge < -0.3 is 14.8 Å². The van der Waals surface area contributed by atoms with Crippen LogP contribution < -0.4 is 10.1 Å². The molecule has 1 aliphatic carbocycles. The second-order valence-corrected chi connectivity index (χ2v) is 6.50. The summed E-state index contributed by atoms with van der Waals surface area (Å²) in [4.78, 5) is 11.0. The maximum atomic E-state index is 11.0. The first kappa shape index (κ1) is 16.4. The predicted octanol–water partition coefficient (Wildman–Crippen LogP) is 4.13. The number of hydrogen-bond acceptors (Lipinski definition) is 4. The highest BCUT2D eigenvalue weighted by Gasteiger charge is 2.22. The van der Waals surface area contributed by atoms with Crippen LogP contribution in [0.2, 0.25) is 0 Å². The molecule has 4 heteroatoms. The molecule has 0 bridgehead atoms. The Morgan fingerprint density at radius 3 is 2.45 bits per heavy atom. The molecule has 4 nitrogen and oxygen atoms in total. The molecule has 120 valence electrons. The fraction of sp³-hybridized carbons (Fsp3) is 0.500. The van der Waals surface area contributed by atoms with Gasteiger partial charge >= 0.3 is 5.97 Å². The van der Waals surface area contributed by atoms with Gasteiger partial charge in [0.2, 0.25) is 0 Å². The van der Waals surface area contributed by atoms with Crippen LogP contribution in [0, 0.1) is 5.41 Å². The molecule has 1 saturated carbocycles. The van der Waals surface area contributed by atoms with Crippen LogP contribution in [-0.2, 0) is 9.53 Å². The minimum atomic E-state index is -0.382. The zero-order valence-electron chi connectivity index (χ0n) is 13.6. The third-order valence-corrected chi connectivity index (χ3v) is 4.13. The van der Waals surface area contributed by atoms with Gasteiger partial charge in [0.15, 0.2) is 6.61 Å². The van der Waals surface area contributed by atoms with E-state index in [1.165, 1.54) is 38.4 Å². The van der Waals surface area contributed by atoms with Gasteiger partial charge in [0.25, 0.3) is 0 Å². The van der Waals surface area contributed by atoms with Gasteiger partial charge in [0.1, 0.15) is 5.75 Å². The van der Waals surface area contributed by atoms with E-state index in [1.807, 2.05) is 24.3 Å². The second kappa shape index (κ2) is 7.34. The molecule has 1 fully saturated rings. The predicted molar refractivity (Wildman–Crippen MR) is 87.9 cm³/mol. The smallest absolute Gasteiger partial charge is 0.343 e. The topological polar surface area (TPSA) is 47.6 Å². The Morgan fingerprint density at radius 1 is 1.23 bits per heavy atom. The Balaban J connectivity index is 1.83. The Hall–Kier alpha value is -1.97. The van der Waals surface area contributed by atoms with Gasteiger partial charge in [-0.05, 0) is 55.4 Å². The number of methoxy groups -OCH3 is 1. The van der Waals surface area contributed by atoms with E-state index in [1.54, 1.807) is 0 Å². The number of rotatable bonds is 5. The molecule has 0 aliphatic heterocycles. The molecule has 0 amide bonds. The van der Waals surface area contributed by atoms with E-state index >= 15 is 0 Å². The van der Waals surface area contributed by atoms with Gasteiger partial charge in [-0.15, -0.1) is 0 Å². The van der Waals surface area contributed by atoms with Crippen molar-refractivity contribution >= 4 is 11.7 Å². The van der Waals surface area contributed by atoms with Crippen molar-refractivity contribution in [3.63, 3.8) is 0 Å². The Labute approximate surface area is 132 Å². The number of hydrogen-bond donors (Lipinski definition) is 1. The van der Waals surface area contributed by atoms with E-state index in [2.05, 4.69) is 30.1 Å². The van der Waals surface area contributed by atoms with Gasteiger partial charge in [0.05, 0.1) is 7.11 Å². The summed E-state index contributed by atoms with van der Waals surface area (Å²) in [5, 5.41) is 3.34. The standard InChI is InChI=1S/C18H25NO3/c1-18(2)10-8-14(9-11-18)12-19-15-4-6-16(7-5-15)22-13-17(20)21-3/h4-7,12,19H,8-11,13H2,1-3H3. The van der Waals surface area contributed by atoms with E-state index in [0.29, 0.717) is 11.2 Å². The molecule has 1 aliphatic rings. The van der Waals surface area contributed by atoms with Crippen molar-refractivity contribution in [2.45, 2.75) is 39.5 Å². The summed E-state index contributed by atoms with van der Waals surface area (Å²) in [5.74, 6) is 0.273. The van der Waals surface area contributed by atoms with Gasteiger partial charge in [-0.3, -0.25) is 0 Å². The number of ether oxygens (including phenoxy) is 2. The van der Waals surface area contributed by atoms with Crippen LogP contribution >= 0.6 is 0 Å². The van der Waals surface area contributed by atoms with Gasteiger partial charge in [-0.25, -0.2) is 4.79 Å². The molecule has 0 unspecified atom stereocenters. The van der Waals surface area contributed by atoms with Crippen LogP contribution in [0.4, 0.5) is 5.69 Å². The van der Waals surface area contributed by atoms with Crippen molar-refractivity contribution < 1.29 is 14.3 Å². The van der Waals surface area contributed by atoms with Crippen molar-refractivity contribution in [3.8, 4) is 5.75 Å². The molecule has 1 aromatic rings. The molecule has 1 aromatic carbocycles. The second-order valence-electron chi connectivity index (χ2n) is 6.50. The van der Waals surface area contributed by atoms with Crippen molar-refractivity contribution in [3.05, 3.63) is 36.0 Å². The SMILES string of the molecule is COC(=O)COc1ccc(NC=C2CCC(C)(C)CC2)cc1. The van der Waals surface area contributed by atoms with Gasteiger partial charge in [-0.1, -0.05) is 19.4 Å². The highest BCUT2D eigenvalue weighted by atomic mass is 16.6. The maximum absolute atomic E-state index is 11.0. The third-order valence-electron chi connectivity index (χ3n) is 4.13. The van der Waals surface area contributed by atoms with Crippen LogP contribution in [0.5, 0.6) is 5.75 Å². The minimum absolute atomic E-state index is 0.0664. The highest BCUT2D eigenvalue weighted by molar-refractivity contribution is 5.70. The zero-order chi connectivity index (χ0) is 16.0. The monoisotopic (exact) mass is 303 g/mol. The largest absolute Gasteiger partial charge is 0.482 e. The summed E-state index contributed by atoms with van der Waals surface area (Å²) < 4.78 is 9.85. The molecule has 1 N–H and O–H groups in total. The number of esters is 1. The third kappa shape index (κ3) is 5.10. The summed E-state index contributed by atoms with van der Waals surface area (Å²) in [6, 6.07) is 7.56. The lowest BCUT2D eigenvalue weighted by atomic mass is 9.76. The van der Waals surface area contributed by atoms with Gasteiger partial charge in [0, 0.05) is 11.9 Å². The van der Waals surface area contributed by atoms with Crippen molar-refractivity contribution in [2.24, 2.45) is 5.41 Å². The van der Waals surface area contributed by atoms with E-state index < -0.39 is 0 Å². The molecule has 2 rings (SSSR count). The first-order valence-electron chi connectivity index (χ1n) is 7.73. The van der Waals surface area contributed by atoms with E-state index in [9.17, 15) is 4.79 Å². The first-order valence-corrected chi connectivity index (χ1v) is 7.73. The summed E-state index contributed by atoms with van der Waals surface area (Å²) >= 11 is 0. The minimum Gasteiger partial charge on any atom is -0.482 e. The van der Waals surface area contributed by atoms with Crippen LogP contribution in [0.15, 0.2) is 36.0 Å². The Bertz CT molecular complexity index is 520. The quantitative estimate of drug-likeness (QED) is 0.831. The van der Waals surface area contributed by atoms with Crippen molar-refractivity contribution in [1.29, 1.82) is 0 Å². The maximum Gasteiger partial charge on any atom is 0.343 e. The zero-order valence-corrected chi connectivity index (χ0v) is 13.6. The van der Waals surface area contributed by atoms with Crippen LogP contribution in [0.1, 0.15) is 39.5 Å². The lowest BCUT2D eigenvalue weighted by Crippen LogP contribution is -2.16. The van der Waals surface area contributed by atoms with E-state index in [-0.39, 0.29) is 12.6 Å². The number of anilines is 1. The summed E-state index contributed by atoms with van der Waals surface area (Å²) in [5.41, 5.74) is 2.98. The van der Waals surface area contributed by atoms with Crippen LogP contribution in [0.3, 0.4) is 0 Å². The molecular formula is C18H25NO3. The lowest BCUT2D eigenvalue weighted by molar-refractivity contribution is -0.142. The first-order chi connectivity index (χ1) is 10.5. The normalized spacial score (nSPS) is 16.8. The van der Waals surface area contributed by atoms with E-state index in [0.717, 1.165) is 5.69 Å². The molecule has 0 radical (unpaired) electrons.